The fraction of sp³-hybridized carbons (Fsp3) is 0.632. The molecule has 0 spiro atoms. The van der Waals surface area contributed by atoms with Gasteiger partial charge in [0.25, 0.3) is 11.5 Å². The van der Waals surface area contributed by atoms with Gasteiger partial charge in [0.05, 0.1) is 6.33 Å². The van der Waals surface area contributed by atoms with Crippen LogP contribution in [0.15, 0.2) is 15.9 Å². The third-order valence-electron chi connectivity index (χ3n) is 4.78. The van der Waals surface area contributed by atoms with Crippen LogP contribution in [0.25, 0.3) is 11.2 Å². The minimum absolute atomic E-state index is 0.0139. The first-order valence-electron chi connectivity index (χ1n) is 9.82. The summed E-state index contributed by atoms with van der Waals surface area (Å²) in [6.07, 6.45) is 6.69. The van der Waals surface area contributed by atoms with Crippen LogP contribution in [0.5, 0.6) is 0 Å². The summed E-state index contributed by atoms with van der Waals surface area (Å²) in [5.74, 6) is -1.04. The zero-order chi connectivity index (χ0) is 21.6. The molecule has 1 amide bonds. The number of imidazole rings is 1. The monoisotopic (exact) mass is 407 g/mol. The van der Waals surface area contributed by atoms with E-state index in [1.165, 1.54) is 36.0 Å². The fourth-order valence-electron chi connectivity index (χ4n) is 3.11. The van der Waals surface area contributed by atoms with Gasteiger partial charge >= 0.3 is 11.7 Å². The van der Waals surface area contributed by atoms with Gasteiger partial charge in [-0.2, -0.15) is 0 Å². The quantitative estimate of drug-likeness (QED) is 0.451. The number of fused-ring (bicyclic) bond motifs is 1. The van der Waals surface area contributed by atoms with Gasteiger partial charge in [0, 0.05) is 20.1 Å². The number of hydrogen-bond acceptors (Lipinski definition) is 6. The van der Waals surface area contributed by atoms with Crippen molar-refractivity contribution in [3.05, 3.63) is 27.2 Å². The number of esters is 1. The molecule has 2 aromatic heterocycles. The molecule has 0 unspecified atom stereocenters. The largest absolute Gasteiger partial charge is 0.454 e. The molecular weight excluding hydrogens is 378 g/mol. The van der Waals surface area contributed by atoms with Crippen LogP contribution in [0, 0.1) is 0 Å². The average Bonchev–Trinajstić information content (AvgIpc) is 3.10. The molecular formula is C19H29N5O5. The van der Waals surface area contributed by atoms with E-state index in [0.717, 1.165) is 30.3 Å². The van der Waals surface area contributed by atoms with Crippen LogP contribution < -0.4 is 16.6 Å². The molecule has 0 aromatic carbocycles. The lowest BCUT2D eigenvalue weighted by molar-refractivity contribution is -0.149. The summed E-state index contributed by atoms with van der Waals surface area (Å²) in [7, 11) is 2.85. The zero-order valence-corrected chi connectivity index (χ0v) is 17.4. The van der Waals surface area contributed by atoms with Crippen LogP contribution in [-0.2, 0) is 35.0 Å². The number of aryl methyl sites for hydroxylation is 1. The Hall–Kier alpha value is -2.91. The van der Waals surface area contributed by atoms with Crippen molar-refractivity contribution in [3.63, 3.8) is 0 Å². The molecule has 0 aliphatic heterocycles. The molecule has 10 heteroatoms. The Bertz CT molecular complexity index is 987. The van der Waals surface area contributed by atoms with E-state index >= 15 is 0 Å². The van der Waals surface area contributed by atoms with E-state index < -0.39 is 17.2 Å². The molecule has 160 valence electrons. The van der Waals surface area contributed by atoms with E-state index in [9.17, 15) is 19.2 Å². The molecule has 0 aliphatic carbocycles. The van der Waals surface area contributed by atoms with E-state index in [-0.39, 0.29) is 36.3 Å². The Morgan fingerprint density at radius 3 is 2.59 bits per heavy atom. The molecule has 2 aromatic rings. The minimum atomic E-state index is -0.675. The first-order chi connectivity index (χ1) is 13.8. The van der Waals surface area contributed by atoms with Gasteiger partial charge in [-0.1, -0.05) is 32.6 Å². The second-order valence-electron chi connectivity index (χ2n) is 7.23. The summed E-state index contributed by atoms with van der Waals surface area (Å²) >= 11 is 0. The van der Waals surface area contributed by atoms with Gasteiger partial charge in [-0.25, -0.2) is 9.78 Å². The smallest absolute Gasteiger partial charge is 0.332 e. The number of unbranched alkanes of at least 4 members (excludes halogenated alkanes) is 3. The molecule has 1 atom stereocenters. The number of hydrogen-bond donors (Lipinski definition) is 1. The second kappa shape index (κ2) is 10.0. The number of rotatable bonds is 10. The van der Waals surface area contributed by atoms with Crippen molar-refractivity contribution >= 4 is 23.0 Å². The van der Waals surface area contributed by atoms with E-state index in [4.69, 9.17) is 4.74 Å². The molecule has 29 heavy (non-hydrogen) atoms. The van der Waals surface area contributed by atoms with Gasteiger partial charge in [-0.15, -0.1) is 0 Å². The predicted octanol–water partition coefficient (Wildman–Crippen LogP) is 0.452. The molecule has 2 heterocycles. The molecule has 0 saturated carbocycles. The van der Waals surface area contributed by atoms with Crippen LogP contribution in [0.2, 0.25) is 0 Å². The van der Waals surface area contributed by atoms with Crippen molar-refractivity contribution in [2.45, 2.75) is 58.5 Å². The molecule has 2 rings (SSSR count). The highest BCUT2D eigenvalue weighted by Crippen LogP contribution is 2.06. The highest BCUT2D eigenvalue weighted by molar-refractivity contribution is 5.81. The third kappa shape index (κ3) is 5.55. The molecule has 0 bridgehead atoms. The van der Waals surface area contributed by atoms with Gasteiger partial charge in [0.1, 0.15) is 6.54 Å². The average molecular weight is 407 g/mol. The van der Waals surface area contributed by atoms with E-state index in [1.807, 2.05) is 6.92 Å². The number of aromatic nitrogens is 4. The number of ether oxygens (including phenoxy) is 1. The minimum Gasteiger partial charge on any atom is -0.454 e. The van der Waals surface area contributed by atoms with Crippen molar-refractivity contribution in [1.82, 2.24) is 24.0 Å². The molecule has 0 saturated heterocycles. The van der Waals surface area contributed by atoms with Crippen molar-refractivity contribution in [2.24, 2.45) is 14.1 Å². The second-order valence-corrected chi connectivity index (χ2v) is 7.23. The third-order valence-corrected chi connectivity index (χ3v) is 4.78. The molecule has 1 N–H and O–H groups in total. The van der Waals surface area contributed by atoms with Gasteiger partial charge in [0.2, 0.25) is 0 Å². The maximum Gasteiger partial charge on any atom is 0.332 e. The first-order valence-corrected chi connectivity index (χ1v) is 9.82. The number of carbonyl (C=O) groups excluding carboxylic acids is 2. The van der Waals surface area contributed by atoms with Crippen LogP contribution in [-0.4, -0.2) is 43.2 Å². The summed E-state index contributed by atoms with van der Waals surface area (Å²) in [6.45, 7) is 3.39. The summed E-state index contributed by atoms with van der Waals surface area (Å²) in [6, 6.07) is 0.0139. The van der Waals surface area contributed by atoms with Gasteiger partial charge in [-0.3, -0.25) is 23.5 Å². The lowest BCUT2D eigenvalue weighted by Gasteiger charge is -2.14. The topological polar surface area (TPSA) is 117 Å². The Labute approximate surface area is 168 Å². The van der Waals surface area contributed by atoms with Crippen LogP contribution in [0.1, 0.15) is 46.0 Å². The normalized spacial score (nSPS) is 12.1. The molecule has 10 nitrogen and oxygen atoms in total. The van der Waals surface area contributed by atoms with Gasteiger partial charge in [-0.05, 0) is 13.3 Å². The van der Waals surface area contributed by atoms with Crippen LogP contribution in [0.4, 0.5) is 0 Å². The number of carbonyl (C=O) groups is 2. The van der Waals surface area contributed by atoms with Crippen molar-refractivity contribution in [2.75, 3.05) is 6.61 Å². The van der Waals surface area contributed by atoms with Crippen molar-refractivity contribution in [3.8, 4) is 0 Å². The highest BCUT2D eigenvalue weighted by atomic mass is 16.5. The molecule has 0 radical (unpaired) electrons. The van der Waals surface area contributed by atoms with Gasteiger partial charge < -0.3 is 14.6 Å². The number of nitrogens with one attached hydrogen (secondary N) is 1. The van der Waals surface area contributed by atoms with Crippen molar-refractivity contribution in [1.29, 1.82) is 0 Å². The van der Waals surface area contributed by atoms with Crippen LogP contribution in [0.3, 0.4) is 0 Å². The Kier molecular flexibility index (Phi) is 7.74. The predicted molar refractivity (Wildman–Crippen MR) is 108 cm³/mol. The van der Waals surface area contributed by atoms with Gasteiger partial charge in [0.15, 0.2) is 17.8 Å². The van der Waals surface area contributed by atoms with E-state index in [0.29, 0.717) is 0 Å². The van der Waals surface area contributed by atoms with E-state index in [2.05, 4.69) is 17.2 Å². The Morgan fingerprint density at radius 2 is 1.90 bits per heavy atom. The lowest BCUT2D eigenvalue weighted by Crippen LogP contribution is -2.38. The summed E-state index contributed by atoms with van der Waals surface area (Å²) < 4.78 is 8.51. The Morgan fingerprint density at radius 1 is 1.17 bits per heavy atom. The lowest BCUT2D eigenvalue weighted by atomic mass is 10.1. The summed E-state index contributed by atoms with van der Waals surface area (Å²) in [5.41, 5.74) is -0.754. The highest BCUT2D eigenvalue weighted by Gasteiger charge is 2.17. The fourth-order valence-corrected chi connectivity index (χ4v) is 3.11. The SMILES string of the molecule is CCCCCC[C@H](C)NC(=O)COC(=O)Cn1cnc2c1c(=O)n(C)c(=O)n2C. The maximum atomic E-state index is 12.4. The van der Waals surface area contributed by atoms with E-state index in [1.54, 1.807) is 0 Å². The Balaban J connectivity index is 1.91. The summed E-state index contributed by atoms with van der Waals surface area (Å²) in [5, 5.41) is 2.80. The van der Waals surface area contributed by atoms with Crippen LogP contribution >= 0.6 is 0 Å². The maximum absolute atomic E-state index is 12.4. The zero-order valence-electron chi connectivity index (χ0n) is 17.4. The summed E-state index contributed by atoms with van der Waals surface area (Å²) in [4.78, 5) is 52.4. The number of amides is 1. The standard InChI is InChI=1S/C19H29N5O5/c1-5-6-7-8-9-13(2)21-14(25)11-29-15(26)10-24-12-20-17-16(24)18(27)23(4)19(28)22(17)3/h12-13H,5-11H2,1-4H3,(H,21,25)/t13-/m0/s1. The molecule has 0 fully saturated rings. The molecule has 0 aliphatic rings. The van der Waals surface area contributed by atoms with Crippen molar-refractivity contribution < 1.29 is 14.3 Å². The first kappa shape index (κ1) is 22.4. The number of nitrogens with zero attached hydrogens (tertiary/aromatic N) is 4.